The van der Waals surface area contributed by atoms with Gasteiger partial charge < -0.3 is 5.32 Å². The lowest BCUT2D eigenvalue weighted by Crippen LogP contribution is -2.17. The predicted octanol–water partition coefficient (Wildman–Crippen LogP) is 6.53. The molecule has 7 heteroatoms. The number of carbonyl (C=O) groups excluding carboxylic acids is 1. The Hall–Kier alpha value is -2.05. The summed E-state index contributed by atoms with van der Waals surface area (Å²) in [6.07, 6.45) is -4.63. The van der Waals surface area contributed by atoms with Crippen LogP contribution in [0.25, 0.3) is 10.8 Å². The summed E-state index contributed by atoms with van der Waals surface area (Å²) in [5.41, 5.74) is -1.05. The average molecular weight is 429 g/mol. The van der Waals surface area contributed by atoms with Gasteiger partial charge in [0.05, 0.1) is 11.3 Å². The second kappa shape index (κ2) is 6.69. The van der Waals surface area contributed by atoms with Crippen LogP contribution >= 0.6 is 27.5 Å². The minimum atomic E-state index is -4.63. The highest BCUT2D eigenvalue weighted by Crippen LogP contribution is 2.37. The highest BCUT2D eigenvalue weighted by atomic mass is 79.9. The van der Waals surface area contributed by atoms with Gasteiger partial charge in [0.2, 0.25) is 0 Å². The van der Waals surface area contributed by atoms with E-state index in [1.54, 1.807) is 24.3 Å². The number of nitrogens with one attached hydrogen (secondary N) is 1. The fourth-order valence-electron chi connectivity index (χ4n) is 2.52. The molecule has 0 unspecified atom stereocenters. The van der Waals surface area contributed by atoms with E-state index in [1.807, 2.05) is 12.1 Å². The van der Waals surface area contributed by atoms with E-state index in [4.69, 9.17) is 11.6 Å². The van der Waals surface area contributed by atoms with E-state index < -0.39 is 17.6 Å². The number of halogens is 5. The van der Waals surface area contributed by atoms with Gasteiger partial charge in [-0.25, -0.2) is 0 Å². The van der Waals surface area contributed by atoms with Gasteiger partial charge in [-0.3, -0.25) is 4.79 Å². The Morgan fingerprint density at radius 1 is 1.00 bits per heavy atom. The first-order chi connectivity index (χ1) is 11.8. The molecule has 128 valence electrons. The topological polar surface area (TPSA) is 29.1 Å². The van der Waals surface area contributed by atoms with Gasteiger partial charge in [0.1, 0.15) is 0 Å². The summed E-state index contributed by atoms with van der Waals surface area (Å²) in [7, 11) is 0. The standard InChI is InChI=1S/C18H10BrClF3NO/c19-15-6-2-3-11-12(15)4-1-5-13(11)17(25)24-16-8-7-10(20)9-14(16)18(21,22)23/h1-9H,(H,24,25). The second-order valence-electron chi connectivity index (χ2n) is 5.28. The molecule has 2 nitrogen and oxygen atoms in total. The number of benzene rings is 3. The molecule has 0 aliphatic heterocycles. The molecule has 0 bridgehead atoms. The third kappa shape index (κ3) is 3.65. The van der Waals surface area contributed by atoms with Crippen LogP contribution in [-0.4, -0.2) is 5.91 Å². The van der Waals surface area contributed by atoms with Crippen LogP contribution in [0.4, 0.5) is 18.9 Å². The molecule has 0 aliphatic rings. The molecule has 1 N–H and O–H groups in total. The summed E-state index contributed by atoms with van der Waals surface area (Å²) in [6, 6.07) is 13.6. The van der Waals surface area contributed by atoms with Gasteiger partial charge in [-0.1, -0.05) is 51.8 Å². The maximum absolute atomic E-state index is 13.2. The smallest absolute Gasteiger partial charge is 0.321 e. The van der Waals surface area contributed by atoms with Gasteiger partial charge in [0, 0.05) is 15.1 Å². The Morgan fingerprint density at radius 3 is 2.40 bits per heavy atom. The van der Waals surface area contributed by atoms with E-state index in [9.17, 15) is 18.0 Å². The number of anilines is 1. The molecule has 1 amide bonds. The van der Waals surface area contributed by atoms with Crippen molar-refractivity contribution < 1.29 is 18.0 Å². The Kier molecular flexibility index (Phi) is 4.75. The molecule has 0 heterocycles. The van der Waals surface area contributed by atoms with Crippen LogP contribution in [0.5, 0.6) is 0 Å². The Balaban J connectivity index is 2.04. The number of amides is 1. The highest BCUT2D eigenvalue weighted by molar-refractivity contribution is 9.10. The molecular weight excluding hydrogens is 419 g/mol. The van der Waals surface area contributed by atoms with Crippen molar-refractivity contribution >= 4 is 49.9 Å². The summed E-state index contributed by atoms with van der Waals surface area (Å²) in [6.45, 7) is 0. The minimum absolute atomic E-state index is 0.0561. The largest absolute Gasteiger partial charge is 0.418 e. The average Bonchev–Trinajstić information content (AvgIpc) is 2.55. The van der Waals surface area contributed by atoms with Gasteiger partial charge in [-0.05, 0) is 41.1 Å². The van der Waals surface area contributed by atoms with Crippen molar-refractivity contribution in [2.45, 2.75) is 6.18 Å². The number of rotatable bonds is 2. The summed E-state index contributed by atoms with van der Waals surface area (Å²) in [5.74, 6) is -0.628. The number of fused-ring (bicyclic) bond motifs is 1. The molecule has 0 atom stereocenters. The number of hydrogen-bond donors (Lipinski definition) is 1. The highest BCUT2D eigenvalue weighted by Gasteiger charge is 2.34. The van der Waals surface area contributed by atoms with E-state index in [0.717, 1.165) is 22.0 Å². The minimum Gasteiger partial charge on any atom is -0.321 e. The van der Waals surface area contributed by atoms with Gasteiger partial charge in [-0.2, -0.15) is 13.2 Å². The van der Waals surface area contributed by atoms with E-state index in [2.05, 4.69) is 21.2 Å². The lowest BCUT2D eigenvalue weighted by atomic mass is 10.0. The first kappa shape index (κ1) is 17.8. The van der Waals surface area contributed by atoms with Crippen LogP contribution < -0.4 is 5.32 Å². The number of hydrogen-bond acceptors (Lipinski definition) is 1. The molecule has 0 saturated heterocycles. The molecular formula is C18H10BrClF3NO. The van der Waals surface area contributed by atoms with E-state index >= 15 is 0 Å². The lowest BCUT2D eigenvalue weighted by molar-refractivity contribution is -0.136. The third-order valence-corrected chi connectivity index (χ3v) is 4.58. The quantitative estimate of drug-likeness (QED) is 0.494. The molecule has 3 rings (SSSR count). The second-order valence-corrected chi connectivity index (χ2v) is 6.57. The summed E-state index contributed by atoms with van der Waals surface area (Å²) in [4.78, 5) is 12.6. The normalized spacial score (nSPS) is 11.6. The molecule has 0 fully saturated rings. The van der Waals surface area contributed by atoms with E-state index in [1.165, 1.54) is 6.07 Å². The molecule has 3 aromatic rings. The maximum atomic E-state index is 13.2. The van der Waals surface area contributed by atoms with Crippen molar-refractivity contribution in [2.75, 3.05) is 5.32 Å². The molecule has 0 aromatic heterocycles. The monoisotopic (exact) mass is 427 g/mol. The molecule has 3 aromatic carbocycles. The zero-order chi connectivity index (χ0) is 18.2. The van der Waals surface area contributed by atoms with Crippen LogP contribution in [0.1, 0.15) is 15.9 Å². The van der Waals surface area contributed by atoms with Crippen molar-refractivity contribution in [3.8, 4) is 0 Å². The Labute approximate surface area is 154 Å². The number of carbonyl (C=O) groups is 1. The van der Waals surface area contributed by atoms with Gasteiger partial charge in [-0.15, -0.1) is 0 Å². The van der Waals surface area contributed by atoms with Gasteiger partial charge in [0.25, 0.3) is 5.91 Å². The third-order valence-electron chi connectivity index (χ3n) is 3.65. The lowest BCUT2D eigenvalue weighted by Gasteiger charge is -2.15. The zero-order valence-electron chi connectivity index (χ0n) is 12.5. The van der Waals surface area contributed by atoms with E-state index in [-0.39, 0.29) is 16.3 Å². The summed E-state index contributed by atoms with van der Waals surface area (Å²) < 4.78 is 40.3. The zero-order valence-corrected chi connectivity index (χ0v) is 14.8. The predicted molar refractivity (Wildman–Crippen MR) is 96.1 cm³/mol. The van der Waals surface area contributed by atoms with E-state index in [0.29, 0.717) is 5.39 Å². The van der Waals surface area contributed by atoms with Crippen molar-refractivity contribution in [1.82, 2.24) is 0 Å². The molecule has 0 radical (unpaired) electrons. The van der Waals surface area contributed by atoms with Crippen LogP contribution in [0.2, 0.25) is 5.02 Å². The number of alkyl halides is 3. The van der Waals surface area contributed by atoms with Crippen molar-refractivity contribution in [3.05, 3.63) is 75.2 Å². The molecule has 0 aliphatic carbocycles. The molecule has 25 heavy (non-hydrogen) atoms. The van der Waals surface area contributed by atoms with Crippen LogP contribution in [0.3, 0.4) is 0 Å². The summed E-state index contributed by atoms with van der Waals surface area (Å²) >= 11 is 9.05. The Morgan fingerprint density at radius 2 is 1.68 bits per heavy atom. The van der Waals surface area contributed by atoms with Gasteiger partial charge in [0.15, 0.2) is 0 Å². The molecule has 0 saturated carbocycles. The SMILES string of the molecule is O=C(Nc1ccc(Cl)cc1C(F)(F)F)c1cccc2c(Br)cccc12. The fraction of sp³-hybridized carbons (Fsp3) is 0.0556. The maximum Gasteiger partial charge on any atom is 0.418 e. The summed E-state index contributed by atoms with van der Waals surface area (Å²) in [5, 5.41) is 3.71. The first-order valence-electron chi connectivity index (χ1n) is 7.13. The van der Waals surface area contributed by atoms with Crippen molar-refractivity contribution in [2.24, 2.45) is 0 Å². The van der Waals surface area contributed by atoms with Crippen molar-refractivity contribution in [3.63, 3.8) is 0 Å². The van der Waals surface area contributed by atoms with Crippen LogP contribution in [0.15, 0.2) is 59.1 Å². The molecule has 0 spiro atoms. The Bertz CT molecular complexity index is 972. The van der Waals surface area contributed by atoms with Crippen LogP contribution in [-0.2, 0) is 6.18 Å². The fourth-order valence-corrected chi connectivity index (χ4v) is 3.19. The van der Waals surface area contributed by atoms with Gasteiger partial charge >= 0.3 is 6.18 Å². The van der Waals surface area contributed by atoms with Crippen molar-refractivity contribution in [1.29, 1.82) is 0 Å². The first-order valence-corrected chi connectivity index (χ1v) is 8.30. The van der Waals surface area contributed by atoms with Crippen LogP contribution in [0, 0.1) is 0 Å².